The van der Waals surface area contributed by atoms with Crippen LogP contribution in [-0.4, -0.2) is 19.1 Å². The van der Waals surface area contributed by atoms with Crippen LogP contribution in [0.4, 0.5) is 17.1 Å². The number of benzene rings is 11. The number of rotatable bonds is 7. The summed E-state index contributed by atoms with van der Waals surface area (Å²) < 4.78 is 18.3. The van der Waals surface area contributed by atoms with Crippen LogP contribution >= 0.6 is 0 Å². The fourth-order valence-electron chi connectivity index (χ4n) is 11.7. The molecule has 0 N–H and O–H groups in total. The van der Waals surface area contributed by atoms with Gasteiger partial charge in [0, 0.05) is 56.1 Å². The van der Waals surface area contributed by atoms with Gasteiger partial charge in [-0.2, -0.15) is 0 Å². The summed E-state index contributed by atoms with van der Waals surface area (Å²) in [4.78, 5) is 12.5. The molecule has 0 aliphatic carbocycles. The molecule has 11 aromatic carbocycles. The van der Waals surface area contributed by atoms with Gasteiger partial charge in [-0.15, -0.1) is 0 Å². The van der Waals surface area contributed by atoms with Crippen molar-refractivity contribution in [2.45, 2.75) is 0 Å². The minimum Gasteiger partial charge on any atom is -0.453 e. The van der Waals surface area contributed by atoms with Crippen LogP contribution in [0.5, 0.6) is 23.0 Å². The first kappa shape index (κ1) is 43.0. The largest absolute Gasteiger partial charge is 0.453 e. The molecule has 3 aromatic heterocycles. The molecule has 0 saturated carbocycles. The Bertz CT molecular complexity index is 4570. The molecular weight excluding hydrogens is 943 g/mol. The Balaban J connectivity index is 0.839. The molecule has 14 aromatic rings. The Kier molecular flexibility index (Phi) is 9.50. The van der Waals surface area contributed by atoms with Crippen LogP contribution in [-0.2, 0) is 0 Å². The predicted molar refractivity (Wildman–Crippen MR) is 313 cm³/mol. The van der Waals surface area contributed by atoms with Gasteiger partial charge < -0.3 is 18.6 Å². The van der Waals surface area contributed by atoms with E-state index in [1.165, 1.54) is 16.3 Å². The van der Waals surface area contributed by atoms with Gasteiger partial charge in [-0.05, 0) is 107 Å². The van der Waals surface area contributed by atoms with Gasteiger partial charge in [0.1, 0.15) is 5.69 Å². The smallest absolute Gasteiger partial charge is 0.160 e. The highest BCUT2D eigenvalue weighted by Crippen LogP contribution is 2.60. The fraction of sp³-hybridized carbons (Fsp3) is 0. The van der Waals surface area contributed by atoms with E-state index >= 15 is 0 Å². The average Bonchev–Trinajstić information content (AvgIpc) is 4.11. The second-order valence-electron chi connectivity index (χ2n) is 19.8. The number of nitrogens with zero attached hydrogens (tertiary/aromatic N) is 5. The molecule has 0 radical (unpaired) electrons. The molecule has 2 aliphatic rings. The summed E-state index contributed by atoms with van der Waals surface area (Å²) >= 11 is 0. The number of hydrogen-bond donors (Lipinski definition) is 0. The number of anilines is 3. The maximum atomic E-state index is 6.77. The topological polar surface area (TPSA) is 57.3 Å². The molecule has 0 atom stereocenters. The molecule has 0 amide bonds. The summed E-state index contributed by atoms with van der Waals surface area (Å²) in [5.41, 5.74) is 18.6. The molecule has 2 aliphatic heterocycles. The summed E-state index contributed by atoms with van der Waals surface area (Å²) in [5, 5.41) is 4.67. The van der Waals surface area contributed by atoms with E-state index in [-0.39, 0.29) is 0 Å². The lowest BCUT2D eigenvalue weighted by atomic mass is 9.99. The van der Waals surface area contributed by atoms with Gasteiger partial charge in [-0.25, -0.2) is 9.97 Å². The van der Waals surface area contributed by atoms with Gasteiger partial charge in [0.05, 0.1) is 50.5 Å². The Hall–Kier alpha value is -10.5. The molecule has 7 nitrogen and oxygen atoms in total. The number of fused-ring (bicyclic) bond motifs is 10. The highest BCUT2D eigenvalue weighted by atomic mass is 16.5. The molecule has 0 saturated heterocycles. The summed E-state index contributed by atoms with van der Waals surface area (Å²) in [6, 6.07) is 92.1. The molecule has 360 valence electrons. The van der Waals surface area contributed by atoms with E-state index in [1.54, 1.807) is 0 Å². The average molecular weight is 986 g/mol. The zero-order valence-corrected chi connectivity index (χ0v) is 41.4. The van der Waals surface area contributed by atoms with Crippen molar-refractivity contribution in [3.05, 3.63) is 261 Å². The van der Waals surface area contributed by atoms with Gasteiger partial charge in [0.2, 0.25) is 0 Å². The number of aromatic nitrogens is 4. The van der Waals surface area contributed by atoms with Crippen molar-refractivity contribution in [3.63, 3.8) is 0 Å². The van der Waals surface area contributed by atoms with Crippen molar-refractivity contribution in [3.8, 4) is 90.5 Å². The Morgan fingerprint density at radius 1 is 0.273 bits per heavy atom. The van der Waals surface area contributed by atoms with Crippen molar-refractivity contribution in [1.82, 2.24) is 19.1 Å². The Morgan fingerprint density at radius 3 is 1.34 bits per heavy atom. The SMILES string of the molecule is c1ccc(-c2ccc3c(c2)c2cc(-c4ccc5c(c4)c4ccccc4n5-c4cccc(-c5cc(-c6ccccc6)nc(-c6ccccc6)n5)c4)ccc2n3-c2cc3c4c(c2)Oc2ccccc2N4c2ccccc2O3)cc1. The van der Waals surface area contributed by atoms with Gasteiger partial charge >= 0.3 is 0 Å². The number of hydrogen-bond acceptors (Lipinski definition) is 5. The molecule has 16 rings (SSSR count). The van der Waals surface area contributed by atoms with E-state index in [1.807, 2.05) is 48.5 Å². The van der Waals surface area contributed by atoms with E-state index in [2.05, 4.69) is 226 Å². The van der Waals surface area contributed by atoms with Crippen molar-refractivity contribution in [2.75, 3.05) is 4.90 Å². The summed E-state index contributed by atoms with van der Waals surface area (Å²) in [5.74, 6) is 3.76. The lowest BCUT2D eigenvalue weighted by Crippen LogP contribution is -2.20. The molecule has 0 bridgehead atoms. The molecule has 77 heavy (non-hydrogen) atoms. The molecular formula is C70H43N5O2. The molecule has 0 unspecified atom stereocenters. The second-order valence-corrected chi connectivity index (χ2v) is 19.8. The maximum absolute atomic E-state index is 6.77. The van der Waals surface area contributed by atoms with Crippen LogP contribution in [0.25, 0.3) is 111 Å². The maximum Gasteiger partial charge on any atom is 0.160 e. The first-order chi connectivity index (χ1) is 38.1. The van der Waals surface area contributed by atoms with E-state index in [9.17, 15) is 0 Å². The van der Waals surface area contributed by atoms with Gasteiger partial charge in [-0.1, -0.05) is 164 Å². The Labute approximate surface area is 443 Å². The first-order valence-electron chi connectivity index (χ1n) is 26.0. The minimum atomic E-state index is 0.693. The fourth-order valence-corrected chi connectivity index (χ4v) is 11.7. The highest BCUT2D eigenvalue weighted by molar-refractivity contribution is 6.13. The standard InChI is InChI=1S/C70H43N5O2/c1-4-17-44(18-5-1)47-31-34-61-55(38-47)56-40-49(33-36-62(56)74(61)52-41-67-69-68(42-52)77-66-30-15-13-28-64(66)75(69)63-27-12-14-29-65(63)76-67)48-32-35-60-54(39-48)53-25-10-11-26-59(53)73(60)51-24-16-23-50(37-51)58-43-57(45-19-6-2-7-20-45)71-70(72-58)46-21-8-3-9-22-46/h1-43H. The van der Waals surface area contributed by atoms with E-state index in [0.29, 0.717) is 5.82 Å². The third kappa shape index (κ3) is 6.91. The number of ether oxygens (including phenoxy) is 2. The lowest BCUT2D eigenvalue weighted by molar-refractivity contribution is 0.445. The van der Waals surface area contributed by atoms with E-state index < -0.39 is 0 Å². The van der Waals surface area contributed by atoms with Crippen LogP contribution in [0, 0.1) is 0 Å². The van der Waals surface area contributed by atoms with Crippen molar-refractivity contribution in [1.29, 1.82) is 0 Å². The Morgan fingerprint density at radius 2 is 0.727 bits per heavy atom. The molecule has 5 heterocycles. The second kappa shape index (κ2) is 17.0. The lowest BCUT2D eigenvalue weighted by Gasteiger charge is -2.38. The van der Waals surface area contributed by atoms with Crippen LogP contribution in [0.1, 0.15) is 0 Å². The zero-order valence-electron chi connectivity index (χ0n) is 41.4. The van der Waals surface area contributed by atoms with Crippen molar-refractivity contribution in [2.24, 2.45) is 0 Å². The summed E-state index contributed by atoms with van der Waals surface area (Å²) in [6.45, 7) is 0. The summed E-state index contributed by atoms with van der Waals surface area (Å²) in [6.07, 6.45) is 0. The van der Waals surface area contributed by atoms with E-state index in [0.717, 1.165) is 129 Å². The quantitative estimate of drug-likeness (QED) is 0.159. The predicted octanol–water partition coefficient (Wildman–Crippen LogP) is 18.7. The normalized spacial score (nSPS) is 12.3. The van der Waals surface area contributed by atoms with Gasteiger partial charge in [0.15, 0.2) is 28.8 Å². The van der Waals surface area contributed by atoms with E-state index in [4.69, 9.17) is 19.4 Å². The number of para-hydroxylation sites is 5. The minimum absolute atomic E-state index is 0.693. The third-order valence-electron chi connectivity index (χ3n) is 15.3. The molecule has 7 heteroatoms. The molecule has 0 fully saturated rings. The monoisotopic (exact) mass is 985 g/mol. The van der Waals surface area contributed by atoms with Gasteiger partial charge in [0.25, 0.3) is 0 Å². The van der Waals surface area contributed by atoms with Gasteiger partial charge in [-0.3, -0.25) is 4.90 Å². The van der Waals surface area contributed by atoms with Crippen LogP contribution in [0.3, 0.4) is 0 Å². The third-order valence-corrected chi connectivity index (χ3v) is 15.3. The summed E-state index contributed by atoms with van der Waals surface area (Å²) in [7, 11) is 0. The van der Waals surface area contributed by atoms with Crippen molar-refractivity contribution < 1.29 is 9.47 Å². The van der Waals surface area contributed by atoms with Crippen LogP contribution < -0.4 is 14.4 Å². The highest BCUT2D eigenvalue weighted by Gasteiger charge is 2.35. The van der Waals surface area contributed by atoms with Crippen molar-refractivity contribution >= 4 is 60.7 Å². The van der Waals surface area contributed by atoms with Crippen LogP contribution in [0.15, 0.2) is 261 Å². The van der Waals surface area contributed by atoms with Crippen LogP contribution in [0.2, 0.25) is 0 Å². The zero-order chi connectivity index (χ0) is 50.6. The first-order valence-corrected chi connectivity index (χ1v) is 26.0. The molecule has 0 spiro atoms.